The summed E-state index contributed by atoms with van der Waals surface area (Å²) in [5.41, 5.74) is 8.58. The van der Waals surface area contributed by atoms with E-state index in [1.54, 1.807) is 0 Å². The van der Waals surface area contributed by atoms with Gasteiger partial charge in [-0.25, -0.2) is 0 Å². The molecule has 2 unspecified atom stereocenters. The molecule has 0 bridgehead atoms. The fourth-order valence-electron chi connectivity index (χ4n) is 4.72. The number of benzene rings is 1. The van der Waals surface area contributed by atoms with Gasteiger partial charge in [-0.1, -0.05) is 24.3 Å². The molecule has 4 rings (SSSR count). The predicted octanol–water partition coefficient (Wildman–Crippen LogP) is 2.25. The Bertz CT molecular complexity index is 609. The number of nitrogens with two attached hydrogens (primary N) is 1. The molecule has 1 heterocycles. The molecule has 1 aromatic carbocycles. The van der Waals surface area contributed by atoms with Gasteiger partial charge in [0.1, 0.15) is 0 Å². The molecule has 2 fully saturated rings. The van der Waals surface area contributed by atoms with Crippen molar-refractivity contribution in [2.45, 2.75) is 50.0 Å². The van der Waals surface area contributed by atoms with Crippen LogP contribution in [-0.4, -0.2) is 43.2 Å². The summed E-state index contributed by atoms with van der Waals surface area (Å²) >= 11 is 0. The standard InChI is InChI=1S/C20H28N2O2/c21-10-3-13-24-16-7-11-22(12-8-16)19(23)18-14-20(18)9-6-15-4-1-2-5-17(15)20/h1-2,4-5,16,18H,3,6-14,21H2. The summed E-state index contributed by atoms with van der Waals surface area (Å²) in [7, 11) is 0. The smallest absolute Gasteiger partial charge is 0.226 e. The zero-order valence-electron chi connectivity index (χ0n) is 14.4. The summed E-state index contributed by atoms with van der Waals surface area (Å²) in [5, 5.41) is 0. The van der Waals surface area contributed by atoms with Crippen LogP contribution >= 0.6 is 0 Å². The van der Waals surface area contributed by atoms with Crippen molar-refractivity contribution in [3.05, 3.63) is 35.4 Å². The van der Waals surface area contributed by atoms with Crippen LogP contribution in [0.3, 0.4) is 0 Å². The van der Waals surface area contributed by atoms with Crippen molar-refractivity contribution in [2.24, 2.45) is 11.7 Å². The van der Waals surface area contributed by atoms with E-state index >= 15 is 0 Å². The molecule has 1 spiro atoms. The van der Waals surface area contributed by atoms with Crippen LogP contribution in [0.5, 0.6) is 0 Å². The van der Waals surface area contributed by atoms with E-state index in [4.69, 9.17) is 10.5 Å². The molecule has 1 aromatic rings. The number of carbonyl (C=O) groups is 1. The van der Waals surface area contributed by atoms with Gasteiger partial charge in [-0.15, -0.1) is 0 Å². The summed E-state index contributed by atoms with van der Waals surface area (Å²) in [6.45, 7) is 3.13. The predicted molar refractivity (Wildman–Crippen MR) is 93.8 cm³/mol. The Hall–Kier alpha value is -1.39. The van der Waals surface area contributed by atoms with Crippen LogP contribution in [0, 0.1) is 5.92 Å². The summed E-state index contributed by atoms with van der Waals surface area (Å²) in [6, 6.07) is 8.71. The van der Waals surface area contributed by atoms with E-state index in [2.05, 4.69) is 29.2 Å². The monoisotopic (exact) mass is 328 g/mol. The summed E-state index contributed by atoms with van der Waals surface area (Å²) in [6.07, 6.45) is 6.50. The van der Waals surface area contributed by atoms with Gasteiger partial charge < -0.3 is 15.4 Å². The highest BCUT2D eigenvalue weighted by molar-refractivity contribution is 5.85. The molecule has 0 aromatic heterocycles. The largest absolute Gasteiger partial charge is 0.378 e. The number of hydrogen-bond acceptors (Lipinski definition) is 3. The molecular weight excluding hydrogens is 300 g/mol. The van der Waals surface area contributed by atoms with Crippen LogP contribution in [0.15, 0.2) is 24.3 Å². The summed E-state index contributed by atoms with van der Waals surface area (Å²) < 4.78 is 5.85. The van der Waals surface area contributed by atoms with E-state index in [1.807, 2.05) is 0 Å². The molecule has 2 atom stereocenters. The Balaban J connectivity index is 1.33. The Morgan fingerprint density at radius 3 is 2.88 bits per heavy atom. The van der Waals surface area contributed by atoms with Crippen molar-refractivity contribution >= 4 is 5.91 Å². The number of hydrogen-bond donors (Lipinski definition) is 1. The van der Waals surface area contributed by atoms with Gasteiger partial charge in [0.05, 0.1) is 6.10 Å². The van der Waals surface area contributed by atoms with Crippen molar-refractivity contribution in [3.8, 4) is 0 Å². The fraction of sp³-hybridized carbons (Fsp3) is 0.650. The van der Waals surface area contributed by atoms with E-state index in [1.165, 1.54) is 11.1 Å². The van der Waals surface area contributed by atoms with Gasteiger partial charge in [0, 0.05) is 31.0 Å². The second-order valence-corrected chi connectivity index (χ2v) is 7.61. The third-order valence-electron chi connectivity index (χ3n) is 6.22. The van der Waals surface area contributed by atoms with Gasteiger partial charge in [0.25, 0.3) is 0 Å². The zero-order chi connectivity index (χ0) is 16.6. The first-order valence-electron chi connectivity index (χ1n) is 9.43. The highest BCUT2D eigenvalue weighted by Gasteiger charge is 2.62. The molecule has 0 radical (unpaired) electrons. The normalized spacial score (nSPS) is 29.0. The van der Waals surface area contributed by atoms with Crippen molar-refractivity contribution < 1.29 is 9.53 Å². The summed E-state index contributed by atoms with van der Waals surface area (Å²) in [5.74, 6) is 0.600. The van der Waals surface area contributed by atoms with Crippen molar-refractivity contribution in [3.63, 3.8) is 0 Å². The minimum atomic E-state index is 0.169. The average molecular weight is 328 g/mol. The average Bonchev–Trinajstić information content (AvgIpc) is 3.24. The minimum absolute atomic E-state index is 0.169. The molecular formula is C20H28N2O2. The van der Waals surface area contributed by atoms with Crippen LogP contribution in [0.1, 0.15) is 43.2 Å². The second kappa shape index (κ2) is 6.49. The molecule has 130 valence electrons. The number of fused-ring (bicyclic) bond motifs is 2. The van der Waals surface area contributed by atoms with E-state index in [0.717, 1.165) is 58.2 Å². The van der Waals surface area contributed by atoms with E-state index < -0.39 is 0 Å². The van der Waals surface area contributed by atoms with Crippen molar-refractivity contribution in [1.29, 1.82) is 0 Å². The quantitative estimate of drug-likeness (QED) is 0.844. The molecule has 1 amide bonds. The number of rotatable bonds is 5. The third kappa shape index (κ3) is 2.76. The molecule has 2 aliphatic carbocycles. The van der Waals surface area contributed by atoms with Gasteiger partial charge in [-0.2, -0.15) is 0 Å². The zero-order valence-corrected chi connectivity index (χ0v) is 14.4. The molecule has 24 heavy (non-hydrogen) atoms. The lowest BCUT2D eigenvalue weighted by Gasteiger charge is -2.32. The van der Waals surface area contributed by atoms with Crippen LogP contribution in [-0.2, 0) is 21.4 Å². The lowest BCUT2D eigenvalue weighted by molar-refractivity contribution is -0.135. The van der Waals surface area contributed by atoms with Crippen LogP contribution in [0.4, 0.5) is 0 Å². The molecule has 4 nitrogen and oxygen atoms in total. The first kappa shape index (κ1) is 16.1. The molecule has 3 aliphatic rings. The van der Waals surface area contributed by atoms with E-state index in [0.29, 0.717) is 18.6 Å². The van der Waals surface area contributed by atoms with Crippen molar-refractivity contribution in [2.75, 3.05) is 26.2 Å². The minimum Gasteiger partial charge on any atom is -0.378 e. The molecule has 1 saturated heterocycles. The molecule has 1 saturated carbocycles. The molecule has 1 aliphatic heterocycles. The van der Waals surface area contributed by atoms with Gasteiger partial charge in [0.15, 0.2) is 0 Å². The Morgan fingerprint density at radius 2 is 2.08 bits per heavy atom. The lowest BCUT2D eigenvalue weighted by atomic mass is 9.94. The maximum absolute atomic E-state index is 13.0. The Morgan fingerprint density at radius 1 is 1.29 bits per heavy atom. The second-order valence-electron chi connectivity index (χ2n) is 7.61. The number of amides is 1. The van der Waals surface area contributed by atoms with E-state index in [9.17, 15) is 4.79 Å². The van der Waals surface area contributed by atoms with Crippen LogP contribution in [0.25, 0.3) is 0 Å². The highest BCUT2D eigenvalue weighted by atomic mass is 16.5. The number of likely N-dealkylation sites (tertiary alicyclic amines) is 1. The highest BCUT2D eigenvalue weighted by Crippen LogP contribution is 2.62. The maximum Gasteiger partial charge on any atom is 0.226 e. The number of ether oxygens (including phenoxy) is 1. The topological polar surface area (TPSA) is 55.6 Å². The van der Waals surface area contributed by atoms with Gasteiger partial charge in [-0.05, 0) is 56.2 Å². The molecule has 4 heteroatoms. The first-order valence-corrected chi connectivity index (χ1v) is 9.43. The molecule has 2 N–H and O–H groups in total. The number of piperidine rings is 1. The van der Waals surface area contributed by atoms with E-state index in [-0.39, 0.29) is 11.3 Å². The Labute approximate surface area is 144 Å². The summed E-state index contributed by atoms with van der Waals surface area (Å²) in [4.78, 5) is 15.1. The third-order valence-corrected chi connectivity index (χ3v) is 6.22. The van der Waals surface area contributed by atoms with Gasteiger partial charge in [0.2, 0.25) is 5.91 Å². The number of carbonyl (C=O) groups excluding carboxylic acids is 1. The number of aryl methyl sites for hydroxylation is 1. The first-order chi connectivity index (χ1) is 11.7. The Kier molecular flexibility index (Phi) is 4.35. The van der Waals surface area contributed by atoms with Crippen LogP contribution in [0.2, 0.25) is 0 Å². The lowest BCUT2D eigenvalue weighted by Crippen LogP contribution is -2.42. The van der Waals surface area contributed by atoms with Gasteiger partial charge >= 0.3 is 0 Å². The number of nitrogens with zero attached hydrogens (tertiary/aromatic N) is 1. The fourth-order valence-corrected chi connectivity index (χ4v) is 4.72. The SMILES string of the molecule is NCCCOC1CCN(C(=O)C2CC23CCc2ccccc23)CC1. The van der Waals surface area contributed by atoms with Crippen molar-refractivity contribution in [1.82, 2.24) is 4.90 Å². The maximum atomic E-state index is 13.0. The van der Waals surface area contributed by atoms with Crippen LogP contribution < -0.4 is 5.73 Å². The van der Waals surface area contributed by atoms with Gasteiger partial charge in [-0.3, -0.25) is 4.79 Å².